The Hall–Kier alpha value is -1.71. The minimum absolute atomic E-state index is 0.204. The van der Waals surface area contributed by atoms with E-state index in [4.69, 9.17) is 14.2 Å². The van der Waals surface area contributed by atoms with Crippen molar-refractivity contribution >= 4 is 5.78 Å². The molecule has 12 nitrogen and oxygen atoms in total. The average Bonchev–Trinajstić information content (AvgIpc) is 3.00. The average molecular weight is 635 g/mol. The van der Waals surface area contributed by atoms with Crippen molar-refractivity contribution < 1.29 is 19.0 Å². The SMILES string of the molecule is CC(=O)CCCOCCOCCOc1cc(CN2CCNCCNCCNCC2)cc(CN2CCNCCNCCNCC2)c1. The van der Waals surface area contributed by atoms with Crippen LogP contribution >= 0.6 is 0 Å². The molecule has 0 unspecified atom stereocenters. The van der Waals surface area contributed by atoms with Crippen molar-refractivity contribution in [1.29, 1.82) is 0 Å². The molecule has 0 amide bonds. The van der Waals surface area contributed by atoms with Crippen LogP contribution in [0.2, 0.25) is 0 Å². The number of carbonyl (C=O) groups excluding carboxylic acids is 1. The Bertz CT molecular complexity index is 822. The lowest BCUT2D eigenvalue weighted by Gasteiger charge is -2.26. The third kappa shape index (κ3) is 19.5. The van der Waals surface area contributed by atoms with Gasteiger partial charge in [0.25, 0.3) is 0 Å². The highest BCUT2D eigenvalue weighted by molar-refractivity contribution is 5.75. The summed E-state index contributed by atoms with van der Waals surface area (Å²) in [6, 6.07) is 6.78. The number of rotatable bonds is 15. The van der Waals surface area contributed by atoms with Gasteiger partial charge in [0.1, 0.15) is 18.1 Å². The van der Waals surface area contributed by atoms with E-state index in [0.717, 1.165) is 130 Å². The Morgan fingerprint density at radius 1 is 0.578 bits per heavy atom. The van der Waals surface area contributed by atoms with E-state index in [1.807, 2.05) is 0 Å². The van der Waals surface area contributed by atoms with E-state index >= 15 is 0 Å². The molecular weight excluding hydrogens is 572 g/mol. The van der Waals surface area contributed by atoms with Crippen LogP contribution in [0.15, 0.2) is 18.2 Å². The van der Waals surface area contributed by atoms with Crippen LogP contribution in [0, 0.1) is 0 Å². The van der Waals surface area contributed by atoms with E-state index in [1.165, 1.54) is 11.1 Å². The molecule has 0 atom stereocenters. The molecule has 0 radical (unpaired) electrons. The minimum atomic E-state index is 0.204. The number of Topliss-reactive ketones (excluding diaryl/α,β-unsaturated/α-hetero) is 1. The van der Waals surface area contributed by atoms with Crippen LogP contribution in [0.5, 0.6) is 5.75 Å². The number of nitrogens with one attached hydrogen (secondary N) is 6. The molecule has 258 valence electrons. The van der Waals surface area contributed by atoms with E-state index in [2.05, 4.69) is 59.9 Å². The molecule has 0 bridgehead atoms. The molecule has 2 fully saturated rings. The fraction of sp³-hybridized carbons (Fsp3) is 0.788. The summed E-state index contributed by atoms with van der Waals surface area (Å²) in [5.41, 5.74) is 2.57. The largest absolute Gasteiger partial charge is 0.491 e. The molecule has 12 heteroatoms. The molecule has 0 spiro atoms. The summed E-state index contributed by atoms with van der Waals surface area (Å²) < 4.78 is 17.6. The maximum atomic E-state index is 11.0. The van der Waals surface area contributed by atoms with Crippen LogP contribution in [0.4, 0.5) is 0 Å². The van der Waals surface area contributed by atoms with Gasteiger partial charge in [-0.3, -0.25) is 9.80 Å². The van der Waals surface area contributed by atoms with E-state index in [9.17, 15) is 4.79 Å². The predicted molar refractivity (Wildman–Crippen MR) is 181 cm³/mol. The summed E-state index contributed by atoms with van der Waals surface area (Å²) in [5, 5.41) is 21.3. The molecule has 0 aromatic heterocycles. The highest BCUT2D eigenvalue weighted by Gasteiger charge is 2.13. The topological polar surface area (TPSA) is 123 Å². The van der Waals surface area contributed by atoms with Gasteiger partial charge in [0.15, 0.2) is 0 Å². The van der Waals surface area contributed by atoms with Gasteiger partial charge in [-0.2, -0.15) is 0 Å². The predicted octanol–water partition coefficient (Wildman–Crippen LogP) is -0.363. The van der Waals surface area contributed by atoms with Gasteiger partial charge in [0, 0.05) is 131 Å². The van der Waals surface area contributed by atoms with Crippen LogP contribution in [0.1, 0.15) is 30.9 Å². The van der Waals surface area contributed by atoms with E-state index in [1.54, 1.807) is 6.92 Å². The van der Waals surface area contributed by atoms with Gasteiger partial charge in [-0.15, -0.1) is 0 Å². The number of hydrogen-bond acceptors (Lipinski definition) is 12. The van der Waals surface area contributed by atoms with Gasteiger partial charge in [-0.05, 0) is 36.6 Å². The van der Waals surface area contributed by atoms with Crippen molar-refractivity contribution in [2.75, 3.05) is 138 Å². The van der Waals surface area contributed by atoms with Crippen LogP contribution in [0.3, 0.4) is 0 Å². The molecule has 6 N–H and O–H groups in total. The van der Waals surface area contributed by atoms with Crippen LogP contribution < -0.4 is 36.6 Å². The van der Waals surface area contributed by atoms with Gasteiger partial charge in [0.2, 0.25) is 0 Å². The lowest BCUT2D eigenvalue weighted by Crippen LogP contribution is -2.41. The maximum absolute atomic E-state index is 11.0. The van der Waals surface area contributed by atoms with Gasteiger partial charge < -0.3 is 50.9 Å². The first kappa shape index (κ1) is 37.7. The molecule has 0 saturated carbocycles. The number of ketones is 1. The Labute approximate surface area is 272 Å². The van der Waals surface area contributed by atoms with Gasteiger partial charge >= 0.3 is 0 Å². The van der Waals surface area contributed by atoms with Crippen LogP contribution in [-0.4, -0.2) is 153 Å². The Morgan fingerprint density at radius 2 is 0.978 bits per heavy atom. The summed E-state index contributed by atoms with van der Waals surface area (Å²) in [6.45, 7) is 21.9. The van der Waals surface area contributed by atoms with Crippen molar-refractivity contribution in [3.63, 3.8) is 0 Å². The highest BCUT2D eigenvalue weighted by atomic mass is 16.5. The fourth-order valence-electron chi connectivity index (χ4n) is 5.42. The summed E-state index contributed by atoms with van der Waals surface area (Å²) in [6.07, 6.45) is 1.34. The first-order chi connectivity index (χ1) is 22.2. The van der Waals surface area contributed by atoms with Crippen LogP contribution in [-0.2, 0) is 27.4 Å². The van der Waals surface area contributed by atoms with Crippen molar-refractivity contribution in [2.24, 2.45) is 0 Å². The molecule has 1 aromatic rings. The summed E-state index contributed by atoms with van der Waals surface area (Å²) in [4.78, 5) is 16.1. The number of nitrogens with zero attached hydrogens (tertiary/aromatic N) is 2. The molecule has 0 aliphatic carbocycles. The first-order valence-electron chi connectivity index (χ1n) is 17.3. The fourth-order valence-corrected chi connectivity index (χ4v) is 5.42. The molecular formula is C33H62N8O4. The maximum Gasteiger partial charge on any atom is 0.129 e. The monoisotopic (exact) mass is 634 g/mol. The quantitative estimate of drug-likeness (QED) is 0.141. The van der Waals surface area contributed by atoms with E-state index in [0.29, 0.717) is 39.5 Å². The number of benzene rings is 1. The third-order valence-corrected chi connectivity index (χ3v) is 7.86. The second kappa shape index (κ2) is 25.4. The number of carbonyl (C=O) groups is 1. The lowest BCUT2D eigenvalue weighted by molar-refractivity contribution is -0.117. The molecule has 1 aromatic carbocycles. The summed E-state index contributed by atoms with van der Waals surface area (Å²) in [7, 11) is 0. The summed E-state index contributed by atoms with van der Waals surface area (Å²) >= 11 is 0. The smallest absolute Gasteiger partial charge is 0.129 e. The Kier molecular flexibility index (Phi) is 21.3. The molecule has 2 aliphatic heterocycles. The van der Waals surface area contributed by atoms with Crippen molar-refractivity contribution in [1.82, 2.24) is 41.7 Å². The highest BCUT2D eigenvalue weighted by Crippen LogP contribution is 2.20. The minimum Gasteiger partial charge on any atom is -0.491 e. The second-order valence-electron chi connectivity index (χ2n) is 11.9. The molecule has 2 aliphatic rings. The molecule has 2 heterocycles. The van der Waals surface area contributed by atoms with E-state index < -0.39 is 0 Å². The number of hydrogen-bond donors (Lipinski definition) is 6. The number of ether oxygens (including phenoxy) is 3. The second-order valence-corrected chi connectivity index (χ2v) is 11.9. The van der Waals surface area contributed by atoms with E-state index in [-0.39, 0.29) is 5.78 Å². The zero-order valence-corrected chi connectivity index (χ0v) is 27.9. The molecule has 3 rings (SSSR count). The van der Waals surface area contributed by atoms with Crippen molar-refractivity contribution in [3.05, 3.63) is 29.3 Å². The Morgan fingerprint density at radius 3 is 1.42 bits per heavy atom. The van der Waals surface area contributed by atoms with Gasteiger partial charge in [0.05, 0.1) is 19.8 Å². The molecule has 45 heavy (non-hydrogen) atoms. The van der Waals surface area contributed by atoms with Crippen molar-refractivity contribution in [2.45, 2.75) is 32.9 Å². The Balaban J connectivity index is 1.57. The van der Waals surface area contributed by atoms with Crippen LogP contribution in [0.25, 0.3) is 0 Å². The first-order valence-corrected chi connectivity index (χ1v) is 17.3. The normalized spacial score (nSPS) is 19.5. The zero-order chi connectivity index (χ0) is 31.6. The van der Waals surface area contributed by atoms with Gasteiger partial charge in [-0.25, -0.2) is 0 Å². The molecule has 2 saturated heterocycles. The summed E-state index contributed by atoms with van der Waals surface area (Å²) in [5.74, 6) is 1.11. The lowest BCUT2D eigenvalue weighted by atomic mass is 10.1. The third-order valence-electron chi connectivity index (χ3n) is 7.86. The standard InChI is InChI=1S/C33H62N8O4/c1-30(42)3-2-20-43-21-22-44-23-24-45-33-26-31(28-40-16-12-36-8-4-34-5-9-37-13-17-40)25-32(27-33)29-41-18-14-38-10-6-35-7-11-39-15-19-41/h25-27,34-39H,2-24,28-29H2,1H3. The van der Waals surface area contributed by atoms with Gasteiger partial charge in [-0.1, -0.05) is 6.07 Å². The zero-order valence-electron chi connectivity index (χ0n) is 27.9. The van der Waals surface area contributed by atoms with Crippen molar-refractivity contribution in [3.8, 4) is 5.75 Å².